The predicted octanol–water partition coefficient (Wildman–Crippen LogP) is 22.2. The molecule has 0 bridgehead atoms. The summed E-state index contributed by atoms with van der Waals surface area (Å²) in [5, 5.41) is 25.8. The summed E-state index contributed by atoms with van der Waals surface area (Å²) in [7, 11) is -1.36. The highest BCUT2D eigenvalue weighted by Gasteiger charge is 2.64. The predicted molar refractivity (Wildman–Crippen MR) is 573 cm³/mol. The molecule has 5 aromatic carbocycles. The van der Waals surface area contributed by atoms with Crippen LogP contribution in [-0.2, 0) is 42.1 Å². The number of benzene rings is 5. The van der Waals surface area contributed by atoms with Crippen molar-refractivity contribution in [1.82, 2.24) is 55.8 Å². The number of nitrogens with two attached hydrogens (primary N) is 4. The first kappa shape index (κ1) is 122. The number of nitrogens with zero attached hydrogens (tertiary/aromatic N) is 8. The van der Waals surface area contributed by atoms with Crippen molar-refractivity contribution in [1.29, 1.82) is 5.41 Å². The van der Waals surface area contributed by atoms with Gasteiger partial charge < -0.3 is 91.7 Å². The molecule has 40 heteroatoms. The lowest BCUT2D eigenvalue weighted by atomic mass is 9.49. The number of halogens is 6. The molecule has 3 saturated carbocycles. The van der Waals surface area contributed by atoms with E-state index in [1.165, 1.54) is 12.1 Å². The van der Waals surface area contributed by atoms with E-state index in [1.54, 1.807) is 12.3 Å². The molecule has 4 aromatic heterocycles. The highest BCUT2D eigenvalue weighted by molar-refractivity contribution is 14.1. The van der Waals surface area contributed by atoms with E-state index in [9.17, 15) is 23.6 Å². The number of nitrogen functional groups attached to an aromatic ring is 1. The molecule has 0 atom stereocenters. The molecule has 15 rings (SSSR count). The minimum atomic E-state index is -0.488. The van der Waals surface area contributed by atoms with E-state index in [0.717, 1.165) is 143 Å². The van der Waals surface area contributed by atoms with Gasteiger partial charge in [0.1, 0.15) is 22.6 Å². The number of carbonyl (C=O) groups is 4. The van der Waals surface area contributed by atoms with Crippen LogP contribution in [0.25, 0.3) is 43.6 Å². The number of aldehydes is 1. The SMILES string of the molecule is Brc1ccc2nc(I)ncc2c1.C.C.C.C.C.CC(C)(C)OC(=O)NC1CCC(N)CC1.CC(C)(C)OC(=O)NC1CCC(Nc2ncc3cc(B4OC(C)(C)C(C)(C)O4)ccc3n2)CC1.CC(C)(C)OC(=O)NC1CCC(Nc2ncc3cc(Br)ccc3n2)CC1.CC1(C)OB(B2OC(C)(C)C(C)(C)O2)OC1(C)C.N=C(N)N.Nc1ncc2cc(Br)ccc2n1.O=Cc1cc(Br)ccc1F. The average Bonchev–Trinajstić information content (AvgIpc) is 1.60. The molecule has 6 aliphatic rings. The molecule has 136 heavy (non-hydrogen) atoms. The van der Waals surface area contributed by atoms with E-state index in [0.29, 0.717) is 40.7 Å². The molecule has 0 spiro atoms. The van der Waals surface area contributed by atoms with Gasteiger partial charge in [0.2, 0.25) is 17.8 Å². The second-order valence-electron chi connectivity index (χ2n) is 38.7. The van der Waals surface area contributed by atoms with Gasteiger partial charge in [-0.3, -0.25) is 10.2 Å². The van der Waals surface area contributed by atoms with Crippen LogP contribution in [0.4, 0.5) is 36.6 Å². The Bertz CT molecular complexity index is 5120. The van der Waals surface area contributed by atoms with Crippen LogP contribution in [0.3, 0.4) is 0 Å². The van der Waals surface area contributed by atoms with Crippen molar-refractivity contribution in [2.45, 2.75) is 346 Å². The van der Waals surface area contributed by atoms with Gasteiger partial charge in [0.25, 0.3) is 0 Å². The normalized spacial score (nSPS) is 19.9. The second-order valence-corrected chi connectivity index (χ2v) is 43.3. The van der Waals surface area contributed by atoms with Gasteiger partial charge in [-0.25, -0.2) is 58.6 Å². The smallest absolute Gasteiger partial charge is 0.444 e. The first-order valence-corrected chi connectivity index (χ1v) is 47.9. The third-order valence-electron chi connectivity index (χ3n) is 22.6. The molecule has 3 aliphatic carbocycles. The Morgan fingerprint density at radius 2 is 0.728 bits per heavy atom. The Morgan fingerprint density at radius 1 is 0.441 bits per heavy atom. The topological polar surface area (TPSA) is 443 Å². The van der Waals surface area contributed by atoms with Crippen molar-refractivity contribution in [2.24, 2.45) is 17.2 Å². The number of anilines is 3. The first-order valence-electron chi connectivity index (χ1n) is 43.6. The molecule has 3 saturated heterocycles. The largest absolute Gasteiger partial charge is 0.494 e. The number of ether oxygens (including phenoxy) is 3. The monoisotopic (exact) mass is 2250 g/mol. The fourth-order valence-electron chi connectivity index (χ4n) is 13.7. The summed E-state index contributed by atoms with van der Waals surface area (Å²) in [6.45, 7) is 41.2. The quantitative estimate of drug-likeness (QED) is 0.0116. The van der Waals surface area contributed by atoms with E-state index < -0.39 is 43.8 Å². The summed E-state index contributed by atoms with van der Waals surface area (Å²) in [6.07, 6.45) is 18.0. The van der Waals surface area contributed by atoms with Crippen molar-refractivity contribution in [2.75, 3.05) is 16.4 Å². The zero-order chi connectivity index (χ0) is 97.2. The third-order valence-corrected chi connectivity index (χ3v) is 25.1. The van der Waals surface area contributed by atoms with Crippen molar-refractivity contribution >= 4 is 205 Å². The molecule has 7 heterocycles. The Labute approximate surface area is 853 Å². The van der Waals surface area contributed by atoms with Gasteiger partial charge in [-0.2, -0.15) is 0 Å². The zero-order valence-corrected chi connectivity index (χ0v) is 87.2. The lowest BCUT2D eigenvalue weighted by Gasteiger charge is -2.32. The minimum Gasteiger partial charge on any atom is -0.444 e. The molecule has 0 unspecified atom stereocenters. The minimum absolute atomic E-state index is 0. The highest BCUT2D eigenvalue weighted by Crippen LogP contribution is 2.44. The van der Waals surface area contributed by atoms with E-state index in [1.807, 2.05) is 209 Å². The van der Waals surface area contributed by atoms with Crippen molar-refractivity contribution in [3.8, 4) is 0 Å². The molecule has 31 nitrogen and oxygen atoms in total. The third kappa shape index (κ3) is 39.0. The molecule has 3 aliphatic heterocycles. The van der Waals surface area contributed by atoms with E-state index in [-0.39, 0.29) is 125 Å². The van der Waals surface area contributed by atoms with E-state index in [4.69, 9.17) is 64.0 Å². The van der Waals surface area contributed by atoms with Crippen molar-refractivity contribution in [3.63, 3.8) is 0 Å². The number of carbonyl (C=O) groups excluding carboxylic acids is 4. The Kier molecular flexibility index (Phi) is 47.3. The summed E-state index contributed by atoms with van der Waals surface area (Å²) in [5.74, 6) is 0.769. The van der Waals surface area contributed by atoms with Gasteiger partial charge in [0, 0.05) is 123 Å². The fourth-order valence-corrected chi connectivity index (χ4v) is 15.7. The van der Waals surface area contributed by atoms with E-state index >= 15 is 0 Å². The maximum atomic E-state index is 12.5. The number of fused-ring (bicyclic) bond motifs is 4. The van der Waals surface area contributed by atoms with Gasteiger partial charge in [0.05, 0.1) is 61.2 Å². The molecular weight excluding hydrogens is 2110 g/mol. The van der Waals surface area contributed by atoms with Crippen LogP contribution in [-0.4, -0.2) is 178 Å². The Hall–Kier alpha value is -7.90. The van der Waals surface area contributed by atoms with Crippen LogP contribution in [0.2, 0.25) is 0 Å². The lowest BCUT2D eigenvalue weighted by molar-refractivity contribution is 0.00578. The molecule has 0 radical (unpaired) electrons. The average molecular weight is 2260 g/mol. The van der Waals surface area contributed by atoms with Crippen LogP contribution >= 0.6 is 86.3 Å². The number of guanidine groups is 1. The summed E-state index contributed by atoms with van der Waals surface area (Å²) in [4.78, 5) is 80.0. The standard InChI is InChI=1S/C25H37BN4O4.C19H25BrN4O2.C12H24B2O4.C11H22N2O2.C8H4BrIN2.C8H6BrN3.C7H4BrFO.CH5N3.5CH4/c1-23(2,3)32-22(31)29-19-11-9-18(10-12-19)28-21-27-15-16-14-17(8-13-20(16)30-21)26-33-24(4,5)25(6,7)34-26;1-19(2,3)26-18(25)23-15-7-5-14(6-8-15)22-17-21-11-12-10-13(20)4-9-16(12)24-17;1-9(2)10(3,4)16-13(15-9)14-17-11(5,6)12(7,8)18-14;1-11(2,3)15-10(14)13-9-6-4-8(12)5-7-9;2*9-6-1-2-7-5(3-6)4-11-8(10)12-7;8-6-1-2-7(9)5(3-6)4-10;2-1(3)4;;;;;/h8,13-15,18-19H,9-12H2,1-7H3,(H,29,31)(H,27,28,30);4,9-11,14-15H,5-8H2,1-3H3,(H,23,25)(H,21,22,24);1-8H3;8-9H,4-7,12H2,1-3H3,(H,13,14);1-4H;1-4H,(H2,10,11,12);1-4H;(H5,2,3,4);5*1H4. The summed E-state index contributed by atoms with van der Waals surface area (Å²) < 4.78 is 69.2. The van der Waals surface area contributed by atoms with Crippen LogP contribution < -0.4 is 55.0 Å². The second kappa shape index (κ2) is 52.6. The maximum Gasteiger partial charge on any atom is 0.494 e. The van der Waals surface area contributed by atoms with Gasteiger partial charge in [-0.05, 0) is 307 Å². The van der Waals surface area contributed by atoms with Crippen LogP contribution in [0.5, 0.6) is 0 Å². The summed E-state index contributed by atoms with van der Waals surface area (Å²) in [5.41, 5.74) is 21.3. The van der Waals surface area contributed by atoms with Crippen LogP contribution in [0.1, 0.15) is 270 Å². The fraction of sp³-hybridized carbons (Fsp3) is 0.552. The Balaban J connectivity index is 0.000000419. The van der Waals surface area contributed by atoms with Crippen LogP contribution in [0, 0.1) is 15.1 Å². The number of hydrogen-bond acceptors (Lipinski definition) is 26. The highest BCUT2D eigenvalue weighted by atomic mass is 127. The number of aromatic nitrogens is 8. The van der Waals surface area contributed by atoms with E-state index in [2.05, 4.69) is 187 Å². The van der Waals surface area contributed by atoms with Gasteiger partial charge in [-0.15, -0.1) is 0 Å². The molecule has 750 valence electrons. The number of nitrogens with one attached hydrogen (secondary N) is 6. The zero-order valence-electron chi connectivity index (χ0n) is 78.7. The molecule has 9 aromatic rings. The van der Waals surface area contributed by atoms with Crippen molar-refractivity contribution in [3.05, 3.63) is 149 Å². The number of hydrogen-bond donors (Lipinski definition) is 10. The molecule has 6 fully saturated rings. The molecular formula is C96H147B3Br4FIN18O13. The number of amides is 3. The first-order chi connectivity index (χ1) is 60.8. The maximum absolute atomic E-state index is 12.5. The molecule has 14 N–H and O–H groups in total. The van der Waals surface area contributed by atoms with Gasteiger partial charge >= 0.3 is 39.4 Å². The van der Waals surface area contributed by atoms with Crippen molar-refractivity contribution < 1.29 is 65.7 Å². The summed E-state index contributed by atoms with van der Waals surface area (Å²) in [6, 6.07) is 29.4. The Morgan fingerprint density at radius 3 is 1.07 bits per heavy atom. The van der Waals surface area contributed by atoms with Gasteiger partial charge in [0.15, 0.2) is 16.1 Å². The number of alkyl carbamates (subject to hydrolysis) is 3. The summed E-state index contributed by atoms with van der Waals surface area (Å²) >= 11 is 15.4. The lowest BCUT2D eigenvalue weighted by Crippen LogP contribution is -2.42. The van der Waals surface area contributed by atoms with Crippen LogP contribution in [0.15, 0.2) is 134 Å². The molecule has 3 amide bonds. The number of rotatable bonds is 10. The van der Waals surface area contributed by atoms with Gasteiger partial charge in [-0.1, -0.05) is 113 Å².